The van der Waals surface area contributed by atoms with E-state index in [9.17, 15) is 4.79 Å². The van der Waals surface area contributed by atoms with Gasteiger partial charge in [0.25, 0.3) is 5.91 Å². The first-order valence-electron chi connectivity index (χ1n) is 9.88. The summed E-state index contributed by atoms with van der Waals surface area (Å²) in [6.45, 7) is 4.32. The zero-order valence-corrected chi connectivity index (χ0v) is 16.2. The molecule has 6 nitrogen and oxygen atoms in total. The minimum atomic E-state index is 0.0917. The minimum absolute atomic E-state index is 0.0917. The molecule has 1 fully saturated rings. The van der Waals surface area contributed by atoms with Crippen LogP contribution in [0.5, 0.6) is 0 Å². The molecule has 0 saturated carbocycles. The first-order chi connectivity index (χ1) is 13.7. The van der Waals surface area contributed by atoms with Crippen LogP contribution in [0, 0.1) is 0 Å². The van der Waals surface area contributed by atoms with Gasteiger partial charge in [0.2, 0.25) is 0 Å². The number of rotatable bonds is 5. The van der Waals surface area contributed by atoms with Gasteiger partial charge in [-0.25, -0.2) is 4.98 Å². The van der Waals surface area contributed by atoms with E-state index in [0.29, 0.717) is 6.54 Å². The van der Waals surface area contributed by atoms with E-state index < -0.39 is 0 Å². The summed E-state index contributed by atoms with van der Waals surface area (Å²) in [7, 11) is 0. The van der Waals surface area contributed by atoms with Crippen molar-refractivity contribution in [3.63, 3.8) is 0 Å². The average Bonchev–Trinajstić information content (AvgIpc) is 3.22. The van der Waals surface area contributed by atoms with Crippen LogP contribution in [0.4, 0.5) is 0 Å². The molecule has 0 aliphatic carbocycles. The van der Waals surface area contributed by atoms with Crippen LogP contribution in [-0.4, -0.2) is 43.4 Å². The molecule has 1 saturated heterocycles. The highest BCUT2D eigenvalue weighted by Crippen LogP contribution is 2.27. The predicted molar refractivity (Wildman–Crippen MR) is 107 cm³/mol. The molecule has 0 spiro atoms. The van der Waals surface area contributed by atoms with Gasteiger partial charge in [-0.05, 0) is 49.1 Å². The lowest BCUT2D eigenvalue weighted by atomic mass is 9.96. The lowest BCUT2D eigenvalue weighted by Gasteiger charge is -2.33. The summed E-state index contributed by atoms with van der Waals surface area (Å²) < 4.78 is 2.19. The molecule has 6 heteroatoms. The number of pyridine rings is 2. The van der Waals surface area contributed by atoms with E-state index in [1.165, 1.54) is 5.56 Å². The summed E-state index contributed by atoms with van der Waals surface area (Å²) in [5.74, 6) is 1.40. The van der Waals surface area contributed by atoms with E-state index in [1.54, 1.807) is 6.20 Å². The van der Waals surface area contributed by atoms with Crippen LogP contribution < -0.4 is 0 Å². The molecule has 0 unspecified atom stereocenters. The fourth-order valence-electron chi connectivity index (χ4n) is 3.86. The van der Waals surface area contributed by atoms with Crippen molar-refractivity contribution in [3.8, 4) is 0 Å². The molecule has 1 aliphatic rings. The Balaban J connectivity index is 1.50. The summed E-state index contributed by atoms with van der Waals surface area (Å²) in [6, 6.07) is 7.77. The quantitative estimate of drug-likeness (QED) is 0.686. The van der Waals surface area contributed by atoms with Crippen LogP contribution in [-0.2, 0) is 13.0 Å². The molecule has 3 aromatic rings. The molecule has 0 N–H and O–H groups in total. The number of amides is 1. The Bertz CT molecular complexity index is 937. The number of imidazole rings is 1. The summed E-state index contributed by atoms with van der Waals surface area (Å²) in [5.41, 5.74) is 2.88. The summed E-state index contributed by atoms with van der Waals surface area (Å²) in [5, 5.41) is 0. The van der Waals surface area contributed by atoms with Gasteiger partial charge in [0.1, 0.15) is 5.82 Å². The van der Waals surface area contributed by atoms with Crippen LogP contribution >= 0.6 is 0 Å². The molecular formula is C22H25N5O. The normalized spacial score (nSPS) is 16.9. The predicted octanol–water partition coefficient (Wildman–Crippen LogP) is 3.30. The first kappa shape index (κ1) is 18.3. The fourth-order valence-corrected chi connectivity index (χ4v) is 3.86. The Morgan fingerprint density at radius 2 is 2.00 bits per heavy atom. The highest BCUT2D eigenvalue weighted by Gasteiger charge is 2.28. The van der Waals surface area contributed by atoms with Crippen LogP contribution in [0.3, 0.4) is 0 Å². The van der Waals surface area contributed by atoms with Gasteiger partial charge in [0, 0.05) is 67.8 Å². The van der Waals surface area contributed by atoms with Gasteiger partial charge in [0.15, 0.2) is 0 Å². The van der Waals surface area contributed by atoms with Crippen molar-refractivity contribution in [1.82, 2.24) is 24.4 Å². The third-order valence-corrected chi connectivity index (χ3v) is 5.35. The third kappa shape index (κ3) is 3.96. The van der Waals surface area contributed by atoms with Crippen molar-refractivity contribution in [3.05, 3.63) is 77.9 Å². The molecule has 28 heavy (non-hydrogen) atoms. The van der Waals surface area contributed by atoms with Crippen molar-refractivity contribution in [2.75, 3.05) is 13.1 Å². The van der Waals surface area contributed by atoms with Crippen LogP contribution in [0.15, 0.2) is 55.2 Å². The number of hydrogen-bond donors (Lipinski definition) is 0. The van der Waals surface area contributed by atoms with E-state index in [0.717, 1.165) is 49.4 Å². The van der Waals surface area contributed by atoms with E-state index in [2.05, 4.69) is 26.4 Å². The van der Waals surface area contributed by atoms with Crippen molar-refractivity contribution < 1.29 is 4.79 Å². The zero-order chi connectivity index (χ0) is 19.3. The fraction of sp³-hybridized carbons (Fsp3) is 0.364. The summed E-state index contributed by atoms with van der Waals surface area (Å²) >= 11 is 0. The molecule has 1 amide bonds. The number of aryl methyl sites for hydroxylation is 1. The Labute approximate surface area is 165 Å². The number of carbonyl (C=O) groups is 1. The van der Waals surface area contributed by atoms with Gasteiger partial charge in [-0.3, -0.25) is 14.8 Å². The Morgan fingerprint density at radius 1 is 1.14 bits per heavy atom. The number of aromatic nitrogens is 4. The SMILES string of the molecule is CCc1cc(C(=O)N2CCC[C@H](c3nccn3Cc3ccncc3)C2)ccn1. The van der Waals surface area contributed by atoms with Crippen molar-refractivity contribution in [2.45, 2.75) is 38.6 Å². The number of hydrogen-bond acceptors (Lipinski definition) is 4. The largest absolute Gasteiger partial charge is 0.338 e. The lowest BCUT2D eigenvalue weighted by Crippen LogP contribution is -2.39. The number of nitrogens with zero attached hydrogens (tertiary/aromatic N) is 5. The van der Waals surface area contributed by atoms with Gasteiger partial charge in [-0.1, -0.05) is 6.92 Å². The van der Waals surface area contributed by atoms with Gasteiger partial charge in [0.05, 0.1) is 0 Å². The van der Waals surface area contributed by atoms with E-state index in [-0.39, 0.29) is 11.8 Å². The molecular weight excluding hydrogens is 350 g/mol. The summed E-state index contributed by atoms with van der Waals surface area (Å²) in [6.07, 6.45) is 12.1. The van der Waals surface area contributed by atoms with E-state index >= 15 is 0 Å². The van der Waals surface area contributed by atoms with Gasteiger partial charge >= 0.3 is 0 Å². The number of likely N-dealkylation sites (tertiary alicyclic amines) is 1. The molecule has 0 bridgehead atoms. The second-order valence-electron chi connectivity index (χ2n) is 7.25. The average molecular weight is 375 g/mol. The zero-order valence-electron chi connectivity index (χ0n) is 16.2. The van der Waals surface area contributed by atoms with Gasteiger partial charge in [-0.2, -0.15) is 0 Å². The molecule has 4 heterocycles. The standard InChI is InChI=1S/C22H25N5O/c1-2-20-14-18(7-10-24-20)22(28)27-12-3-4-19(16-27)21-25-11-13-26(21)15-17-5-8-23-9-6-17/h5-11,13-14,19H,2-4,12,15-16H2,1H3/t19-/m0/s1. The molecule has 4 rings (SSSR count). The second-order valence-corrected chi connectivity index (χ2v) is 7.25. The minimum Gasteiger partial charge on any atom is -0.338 e. The molecule has 1 atom stereocenters. The van der Waals surface area contributed by atoms with E-state index in [4.69, 9.17) is 0 Å². The van der Waals surface area contributed by atoms with Gasteiger partial charge in [-0.15, -0.1) is 0 Å². The summed E-state index contributed by atoms with van der Waals surface area (Å²) in [4.78, 5) is 28.0. The van der Waals surface area contributed by atoms with Crippen LogP contribution in [0.25, 0.3) is 0 Å². The monoisotopic (exact) mass is 375 g/mol. The van der Waals surface area contributed by atoms with Gasteiger partial charge < -0.3 is 9.47 Å². The maximum Gasteiger partial charge on any atom is 0.253 e. The third-order valence-electron chi connectivity index (χ3n) is 5.35. The molecule has 3 aromatic heterocycles. The van der Waals surface area contributed by atoms with Crippen LogP contribution in [0.1, 0.15) is 53.1 Å². The van der Waals surface area contributed by atoms with Crippen molar-refractivity contribution in [1.29, 1.82) is 0 Å². The first-order valence-corrected chi connectivity index (χ1v) is 9.88. The maximum absolute atomic E-state index is 13.0. The smallest absolute Gasteiger partial charge is 0.253 e. The molecule has 1 aliphatic heterocycles. The van der Waals surface area contributed by atoms with Crippen molar-refractivity contribution in [2.24, 2.45) is 0 Å². The highest BCUT2D eigenvalue weighted by atomic mass is 16.2. The molecule has 0 radical (unpaired) electrons. The molecule has 144 valence electrons. The molecule has 0 aromatic carbocycles. The Morgan fingerprint density at radius 3 is 2.82 bits per heavy atom. The number of carbonyl (C=O) groups excluding carboxylic acids is 1. The second kappa shape index (κ2) is 8.33. The Kier molecular flexibility index (Phi) is 5.46. The lowest BCUT2D eigenvalue weighted by molar-refractivity contribution is 0.0703. The number of piperidine rings is 1. The van der Waals surface area contributed by atoms with Crippen molar-refractivity contribution >= 4 is 5.91 Å². The van der Waals surface area contributed by atoms with E-state index in [1.807, 2.05) is 54.0 Å². The maximum atomic E-state index is 13.0. The topological polar surface area (TPSA) is 63.9 Å². The van der Waals surface area contributed by atoms with Crippen LogP contribution in [0.2, 0.25) is 0 Å². The Hall–Kier alpha value is -3.02. The highest BCUT2D eigenvalue weighted by molar-refractivity contribution is 5.94.